The van der Waals surface area contributed by atoms with Gasteiger partial charge in [-0.2, -0.15) is 0 Å². The number of fused-ring (bicyclic) bond motifs is 1. The summed E-state index contributed by atoms with van der Waals surface area (Å²) in [7, 11) is 0. The van der Waals surface area contributed by atoms with Gasteiger partial charge in [0.25, 0.3) is 5.91 Å². The summed E-state index contributed by atoms with van der Waals surface area (Å²) in [6, 6.07) is 3.14. The van der Waals surface area contributed by atoms with Crippen molar-refractivity contribution in [2.45, 2.75) is 25.2 Å². The van der Waals surface area contributed by atoms with Gasteiger partial charge in [0.05, 0.1) is 11.3 Å². The number of amides is 1. The number of hydrogen-bond acceptors (Lipinski definition) is 5. The Morgan fingerprint density at radius 3 is 2.86 bits per heavy atom. The van der Waals surface area contributed by atoms with Gasteiger partial charge in [-0.05, 0) is 24.6 Å². The highest BCUT2D eigenvalue weighted by atomic mass is 79.9. The van der Waals surface area contributed by atoms with E-state index in [1.807, 2.05) is 0 Å². The fourth-order valence-electron chi connectivity index (χ4n) is 2.31. The first kappa shape index (κ1) is 14.2. The van der Waals surface area contributed by atoms with E-state index in [1.54, 1.807) is 13.0 Å². The van der Waals surface area contributed by atoms with Crippen LogP contribution >= 0.6 is 15.9 Å². The number of ketones is 1. The third kappa shape index (κ3) is 2.48. The monoisotopic (exact) mass is 353 g/mol. The van der Waals surface area contributed by atoms with E-state index >= 15 is 0 Å². The standard InChI is InChI=1S/C14H12BrNO5/c1-5-2-6(15)3-7(10(5)18)14(20)16-8-4-9(17)12-13(21-12)11(8)19/h2-4,11-13,18-19H,1H3,(H,16,20). The van der Waals surface area contributed by atoms with Gasteiger partial charge in [-0.1, -0.05) is 15.9 Å². The van der Waals surface area contributed by atoms with Crippen molar-refractivity contribution in [1.29, 1.82) is 0 Å². The van der Waals surface area contributed by atoms with Crippen LogP contribution < -0.4 is 5.32 Å². The Balaban J connectivity index is 1.86. The third-order valence-corrected chi connectivity index (χ3v) is 3.96. The van der Waals surface area contributed by atoms with Crippen LogP contribution in [0.25, 0.3) is 0 Å². The van der Waals surface area contributed by atoms with Crippen LogP contribution in [0.15, 0.2) is 28.4 Å². The molecule has 3 N–H and O–H groups in total. The van der Waals surface area contributed by atoms with Gasteiger partial charge in [0.15, 0.2) is 5.78 Å². The SMILES string of the molecule is Cc1cc(Br)cc(C(=O)NC2=CC(=O)C3OC3C2O)c1O. The zero-order chi connectivity index (χ0) is 15.3. The average Bonchev–Trinajstić information content (AvgIpc) is 3.20. The number of benzene rings is 1. The maximum absolute atomic E-state index is 12.2. The molecule has 1 aliphatic carbocycles. The third-order valence-electron chi connectivity index (χ3n) is 3.50. The first-order chi connectivity index (χ1) is 9.88. The molecule has 0 aromatic heterocycles. The number of aliphatic hydroxyl groups is 1. The van der Waals surface area contributed by atoms with Gasteiger partial charge >= 0.3 is 0 Å². The molecular formula is C14H12BrNO5. The zero-order valence-corrected chi connectivity index (χ0v) is 12.5. The van der Waals surface area contributed by atoms with E-state index < -0.39 is 24.2 Å². The summed E-state index contributed by atoms with van der Waals surface area (Å²) in [5, 5.41) is 22.3. The first-order valence-electron chi connectivity index (χ1n) is 6.28. The number of phenols is 1. The van der Waals surface area contributed by atoms with Crippen molar-refractivity contribution in [1.82, 2.24) is 5.32 Å². The number of hydrogen-bond donors (Lipinski definition) is 3. The van der Waals surface area contributed by atoms with Gasteiger partial charge in [-0.3, -0.25) is 9.59 Å². The number of carbonyl (C=O) groups is 2. The molecule has 0 radical (unpaired) electrons. The normalized spacial score (nSPS) is 26.9. The summed E-state index contributed by atoms with van der Waals surface area (Å²) in [4.78, 5) is 23.8. The highest BCUT2D eigenvalue weighted by Crippen LogP contribution is 2.34. The smallest absolute Gasteiger partial charge is 0.259 e. The summed E-state index contributed by atoms with van der Waals surface area (Å²) in [5.74, 6) is -1.03. The van der Waals surface area contributed by atoms with Crippen LogP contribution in [-0.2, 0) is 9.53 Å². The molecule has 6 nitrogen and oxygen atoms in total. The van der Waals surface area contributed by atoms with E-state index in [0.717, 1.165) is 0 Å². The number of aliphatic hydroxyl groups excluding tert-OH is 1. The van der Waals surface area contributed by atoms with Gasteiger partial charge in [-0.15, -0.1) is 0 Å². The minimum absolute atomic E-state index is 0.0567. The molecule has 3 rings (SSSR count). The lowest BCUT2D eigenvalue weighted by Gasteiger charge is -2.17. The molecule has 2 aliphatic rings. The van der Waals surface area contributed by atoms with Crippen LogP contribution in [-0.4, -0.2) is 40.2 Å². The van der Waals surface area contributed by atoms with Crippen molar-refractivity contribution >= 4 is 27.6 Å². The van der Waals surface area contributed by atoms with Crippen molar-refractivity contribution in [3.05, 3.63) is 39.5 Å². The van der Waals surface area contributed by atoms with Crippen molar-refractivity contribution in [3.63, 3.8) is 0 Å². The molecule has 3 unspecified atom stereocenters. The van der Waals surface area contributed by atoms with Crippen molar-refractivity contribution < 1.29 is 24.5 Å². The maximum Gasteiger partial charge on any atom is 0.259 e. The van der Waals surface area contributed by atoms with E-state index in [2.05, 4.69) is 21.2 Å². The zero-order valence-electron chi connectivity index (χ0n) is 11.0. The van der Waals surface area contributed by atoms with E-state index in [9.17, 15) is 19.8 Å². The van der Waals surface area contributed by atoms with Crippen LogP contribution in [0.1, 0.15) is 15.9 Å². The first-order valence-corrected chi connectivity index (χ1v) is 7.07. The number of nitrogens with one attached hydrogen (secondary N) is 1. The second kappa shape index (κ2) is 4.94. The molecule has 1 heterocycles. The predicted octanol–water partition coefficient (Wildman–Crippen LogP) is 0.788. The van der Waals surface area contributed by atoms with E-state index in [0.29, 0.717) is 10.0 Å². The Morgan fingerprint density at radius 1 is 1.43 bits per heavy atom. The molecule has 21 heavy (non-hydrogen) atoms. The van der Waals surface area contributed by atoms with Gasteiger partial charge in [0.2, 0.25) is 0 Å². The number of epoxide rings is 1. The number of phenolic OH excluding ortho intramolecular Hbond substituents is 1. The van der Waals surface area contributed by atoms with Crippen LogP contribution in [0.3, 0.4) is 0 Å². The fraction of sp³-hybridized carbons (Fsp3) is 0.286. The van der Waals surface area contributed by atoms with E-state index in [1.165, 1.54) is 12.1 Å². The summed E-state index contributed by atoms with van der Waals surface area (Å²) in [6.07, 6.45) is -1.07. The van der Waals surface area contributed by atoms with Crippen molar-refractivity contribution in [2.75, 3.05) is 0 Å². The van der Waals surface area contributed by atoms with E-state index in [4.69, 9.17) is 4.74 Å². The molecule has 0 bridgehead atoms. The lowest BCUT2D eigenvalue weighted by Crippen LogP contribution is -2.37. The molecule has 1 amide bonds. The highest BCUT2D eigenvalue weighted by molar-refractivity contribution is 9.10. The molecule has 1 aromatic carbocycles. The lowest BCUT2D eigenvalue weighted by atomic mass is 10.00. The second-order valence-electron chi connectivity index (χ2n) is 5.04. The van der Waals surface area contributed by atoms with E-state index in [-0.39, 0.29) is 22.8 Å². The Morgan fingerprint density at radius 2 is 2.14 bits per heavy atom. The molecule has 0 saturated carbocycles. The minimum Gasteiger partial charge on any atom is -0.507 e. The predicted molar refractivity (Wildman–Crippen MR) is 75.8 cm³/mol. The molecule has 3 atom stereocenters. The number of aryl methyl sites for hydroxylation is 1. The second-order valence-corrected chi connectivity index (χ2v) is 5.96. The summed E-state index contributed by atoms with van der Waals surface area (Å²) in [6.45, 7) is 1.66. The largest absolute Gasteiger partial charge is 0.507 e. The summed E-state index contributed by atoms with van der Waals surface area (Å²) in [5.41, 5.74) is 0.677. The fourth-order valence-corrected chi connectivity index (χ4v) is 2.88. The van der Waals surface area contributed by atoms with Gasteiger partial charge < -0.3 is 20.3 Å². The van der Waals surface area contributed by atoms with Gasteiger partial charge in [-0.25, -0.2) is 0 Å². The maximum atomic E-state index is 12.2. The number of ether oxygens (including phenoxy) is 1. The topological polar surface area (TPSA) is 99.2 Å². The Labute approximate surface area is 128 Å². The highest BCUT2D eigenvalue weighted by Gasteiger charge is 2.53. The quantitative estimate of drug-likeness (QED) is 0.682. The minimum atomic E-state index is -1.05. The van der Waals surface area contributed by atoms with Crippen LogP contribution in [0.4, 0.5) is 0 Å². The van der Waals surface area contributed by atoms with Crippen LogP contribution in [0.2, 0.25) is 0 Å². The van der Waals surface area contributed by atoms with Gasteiger partial charge in [0, 0.05) is 10.5 Å². The van der Waals surface area contributed by atoms with Crippen molar-refractivity contribution in [3.8, 4) is 5.75 Å². The summed E-state index contributed by atoms with van der Waals surface area (Å²) >= 11 is 3.25. The average molecular weight is 354 g/mol. The molecule has 1 saturated heterocycles. The lowest BCUT2D eigenvalue weighted by molar-refractivity contribution is -0.116. The number of carbonyl (C=O) groups excluding carboxylic acids is 2. The number of halogens is 1. The van der Waals surface area contributed by atoms with Crippen LogP contribution in [0, 0.1) is 6.92 Å². The molecule has 1 aliphatic heterocycles. The van der Waals surface area contributed by atoms with Gasteiger partial charge in [0.1, 0.15) is 24.1 Å². The summed E-state index contributed by atoms with van der Waals surface area (Å²) < 4.78 is 5.66. The molecule has 1 fully saturated rings. The Hall–Kier alpha value is -1.70. The molecular weight excluding hydrogens is 342 g/mol. The number of aromatic hydroxyl groups is 1. The molecule has 110 valence electrons. The van der Waals surface area contributed by atoms with Crippen LogP contribution in [0.5, 0.6) is 5.75 Å². The number of rotatable bonds is 2. The Bertz CT molecular complexity index is 684. The molecule has 1 aromatic rings. The van der Waals surface area contributed by atoms with Crippen molar-refractivity contribution in [2.24, 2.45) is 0 Å². The molecule has 0 spiro atoms. The Kier molecular flexibility index (Phi) is 3.35. The molecule has 7 heteroatoms.